The molecule has 1 amide bonds. The van der Waals surface area contributed by atoms with Crippen molar-refractivity contribution in [1.82, 2.24) is 15.2 Å². The van der Waals surface area contributed by atoms with E-state index in [1.54, 1.807) is 6.92 Å². The van der Waals surface area contributed by atoms with Gasteiger partial charge in [-0.1, -0.05) is 6.92 Å². The average Bonchev–Trinajstić information content (AvgIpc) is 2.95. The van der Waals surface area contributed by atoms with Crippen molar-refractivity contribution in [1.29, 1.82) is 0 Å². The highest BCUT2D eigenvalue weighted by Crippen LogP contribution is 2.27. The maximum absolute atomic E-state index is 11.9. The Bertz CT molecular complexity index is 632. The molecule has 0 saturated heterocycles. The van der Waals surface area contributed by atoms with E-state index >= 15 is 0 Å². The van der Waals surface area contributed by atoms with Gasteiger partial charge in [0.1, 0.15) is 10.8 Å². The minimum Gasteiger partial charge on any atom is -0.478 e. The van der Waals surface area contributed by atoms with Gasteiger partial charge < -0.3 is 10.4 Å². The lowest BCUT2D eigenvalue weighted by Gasteiger charge is -2.00. The molecule has 0 atom stereocenters. The smallest absolute Gasteiger partial charge is 0.338 e. The Balaban J connectivity index is 2.21. The number of hydrogen-bond donors (Lipinski definition) is 3. The van der Waals surface area contributed by atoms with Crippen LogP contribution in [-0.2, 0) is 6.42 Å². The standard InChI is InChI=1S/C11H12N4O3S/c1-3-7-12-8(15-14-7)9(16)13-10-6(11(17)18)4-5(2)19-10/h4H,3H2,1-2H3,(H,13,16)(H,17,18)(H,12,14,15). The Hall–Kier alpha value is -2.22. The van der Waals surface area contributed by atoms with E-state index in [-0.39, 0.29) is 16.4 Å². The molecule has 0 fully saturated rings. The molecule has 7 nitrogen and oxygen atoms in total. The monoisotopic (exact) mass is 280 g/mol. The van der Waals surface area contributed by atoms with Crippen molar-refractivity contribution in [2.45, 2.75) is 20.3 Å². The molecule has 100 valence electrons. The van der Waals surface area contributed by atoms with Gasteiger partial charge in [0.25, 0.3) is 5.91 Å². The van der Waals surface area contributed by atoms with Gasteiger partial charge in [-0.3, -0.25) is 9.89 Å². The highest BCUT2D eigenvalue weighted by atomic mass is 32.1. The number of carbonyl (C=O) groups is 2. The largest absolute Gasteiger partial charge is 0.478 e. The number of carboxylic acid groups (broad SMARTS) is 1. The number of aryl methyl sites for hydroxylation is 2. The molecule has 2 aromatic heterocycles. The summed E-state index contributed by atoms with van der Waals surface area (Å²) in [6, 6.07) is 1.51. The van der Waals surface area contributed by atoms with Gasteiger partial charge in [0.2, 0.25) is 5.82 Å². The van der Waals surface area contributed by atoms with Gasteiger partial charge in [-0.15, -0.1) is 16.4 Å². The van der Waals surface area contributed by atoms with Crippen molar-refractivity contribution in [3.05, 3.63) is 28.2 Å². The summed E-state index contributed by atoms with van der Waals surface area (Å²) in [6.07, 6.45) is 0.638. The molecule has 0 saturated carbocycles. The van der Waals surface area contributed by atoms with Crippen molar-refractivity contribution in [2.75, 3.05) is 5.32 Å². The molecular formula is C11H12N4O3S. The minimum absolute atomic E-state index is 0.000702. The summed E-state index contributed by atoms with van der Waals surface area (Å²) in [5, 5.41) is 18.2. The van der Waals surface area contributed by atoms with E-state index in [0.717, 1.165) is 4.88 Å². The molecule has 0 aliphatic heterocycles. The topological polar surface area (TPSA) is 108 Å². The van der Waals surface area contributed by atoms with Crippen molar-refractivity contribution in [2.24, 2.45) is 0 Å². The van der Waals surface area contributed by atoms with Gasteiger partial charge in [0.15, 0.2) is 0 Å². The van der Waals surface area contributed by atoms with Gasteiger partial charge in [0.05, 0.1) is 5.56 Å². The van der Waals surface area contributed by atoms with Crippen LogP contribution in [0, 0.1) is 6.92 Å². The summed E-state index contributed by atoms with van der Waals surface area (Å²) in [7, 11) is 0. The highest BCUT2D eigenvalue weighted by molar-refractivity contribution is 7.16. The van der Waals surface area contributed by atoms with Crippen LogP contribution in [-0.4, -0.2) is 32.2 Å². The molecule has 0 unspecified atom stereocenters. The maximum atomic E-state index is 11.9. The van der Waals surface area contributed by atoms with Crippen molar-refractivity contribution >= 4 is 28.2 Å². The van der Waals surface area contributed by atoms with Crippen LogP contribution in [0.1, 0.15) is 38.6 Å². The van der Waals surface area contributed by atoms with E-state index in [1.165, 1.54) is 17.4 Å². The Labute approximate surface area is 112 Å². The average molecular weight is 280 g/mol. The summed E-state index contributed by atoms with van der Waals surface area (Å²) in [6.45, 7) is 3.65. The van der Waals surface area contributed by atoms with E-state index in [4.69, 9.17) is 5.11 Å². The molecule has 0 bridgehead atoms. The van der Waals surface area contributed by atoms with Gasteiger partial charge in [-0.05, 0) is 13.0 Å². The zero-order chi connectivity index (χ0) is 14.0. The molecule has 0 aliphatic carbocycles. The number of hydrogen-bond acceptors (Lipinski definition) is 5. The normalized spacial score (nSPS) is 10.4. The first-order valence-corrected chi connectivity index (χ1v) is 6.39. The van der Waals surface area contributed by atoms with Gasteiger partial charge in [0, 0.05) is 11.3 Å². The van der Waals surface area contributed by atoms with E-state index in [1.807, 2.05) is 6.92 Å². The van der Waals surface area contributed by atoms with Gasteiger partial charge >= 0.3 is 5.97 Å². The molecule has 0 spiro atoms. The van der Waals surface area contributed by atoms with Crippen LogP contribution in [0.2, 0.25) is 0 Å². The lowest BCUT2D eigenvalue weighted by Crippen LogP contribution is -2.14. The summed E-state index contributed by atoms with van der Waals surface area (Å²) in [5.74, 6) is -1.01. The lowest BCUT2D eigenvalue weighted by atomic mass is 10.3. The second-order valence-electron chi connectivity index (χ2n) is 3.82. The molecule has 2 heterocycles. The molecule has 19 heavy (non-hydrogen) atoms. The van der Waals surface area contributed by atoms with Gasteiger partial charge in [-0.2, -0.15) is 0 Å². The van der Waals surface area contributed by atoms with E-state index in [0.29, 0.717) is 12.2 Å². The molecule has 3 N–H and O–H groups in total. The van der Waals surface area contributed by atoms with Crippen LogP contribution in [0.5, 0.6) is 0 Å². The Morgan fingerprint density at radius 2 is 2.26 bits per heavy atom. The molecule has 8 heteroatoms. The third-order valence-electron chi connectivity index (χ3n) is 2.38. The summed E-state index contributed by atoms with van der Waals surface area (Å²) in [4.78, 5) is 27.7. The third-order valence-corrected chi connectivity index (χ3v) is 3.35. The number of rotatable bonds is 4. The maximum Gasteiger partial charge on any atom is 0.338 e. The number of nitrogens with zero attached hydrogens (tertiary/aromatic N) is 2. The molecule has 0 aromatic carbocycles. The van der Waals surface area contributed by atoms with Crippen molar-refractivity contribution in [3.8, 4) is 0 Å². The fourth-order valence-corrected chi connectivity index (χ4v) is 2.38. The summed E-state index contributed by atoms with van der Waals surface area (Å²) < 4.78 is 0. The Kier molecular flexibility index (Phi) is 3.61. The highest BCUT2D eigenvalue weighted by Gasteiger charge is 2.18. The predicted molar refractivity (Wildman–Crippen MR) is 69.7 cm³/mol. The number of aromatic amines is 1. The van der Waals surface area contributed by atoms with Gasteiger partial charge in [-0.25, -0.2) is 9.78 Å². The first-order valence-electron chi connectivity index (χ1n) is 5.57. The zero-order valence-corrected chi connectivity index (χ0v) is 11.2. The number of thiophene rings is 1. The molecule has 2 aromatic rings. The third kappa shape index (κ3) is 2.79. The lowest BCUT2D eigenvalue weighted by molar-refractivity contribution is 0.0698. The number of carboxylic acids is 1. The zero-order valence-electron chi connectivity index (χ0n) is 10.4. The van der Waals surface area contributed by atoms with E-state index in [2.05, 4.69) is 20.5 Å². The minimum atomic E-state index is -1.08. The molecule has 0 aliphatic rings. The quantitative estimate of drug-likeness (QED) is 0.789. The second kappa shape index (κ2) is 5.19. The molecule has 2 rings (SSSR count). The van der Waals surface area contributed by atoms with Crippen LogP contribution in [0.4, 0.5) is 5.00 Å². The van der Waals surface area contributed by atoms with E-state index < -0.39 is 11.9 Å². The molecule has 0 radical (unpaired) electrons. The number of anilines is 1. The summed E-state index contributed by atoms with van der Waals surface area (Å²) >= 11 is 1.20. The van der Waals surface area contributed by atoms with Crippen LogP contribution in [0.15, 0.2) is 6.07 Å². The first kappa shape index (κ1) is 13.2. The number of amides is 1. The number of carbonyl (C=O) groups excluding carboxylic acids is 1. The molecular weight excluding hydrogens is 268 g/mol. The van der Waals surface area contributed by atoms with Crippen LogP contribution in [0.25, 0.3) is 0 Å². The fraction of sp³-hybridized carbons (Fsp3) is 0.273. The van der Waals surface area contributed by atoms with E-state index in [9.17, 15) is 9.59 Å². The predicted octanol–water partition coefficient (Wildman–Crippen LogP) is 1.69. The van der Waals surface area contributed by atoms with Crippen LogP contribution < -0.4 is 5.32 Å². The van der Waals surface area contributed by atoms with Crippen molar-refractivity contribution in [3.63, 3.8) is 0 Å². The fourth-order valence-electron chi connectivity index (χ4n) is 1.48. The number of aromatic nitrogens is 3. The second-order valence-corrected chi connectivity index (χ2v) is 5.07. The Morgan fingerprint density at radius 3 is 2.84 bits per heavy atom. The van der Waals surface area contributed by atoms with Crippen LogP contribution in [0.3, 0.4) is 0 Å². The number of nitrogens with one attached hydrogen (secondary N) is 2. The summed E-state index contributed by atoms with van der Waals surface area (Å²) in [5.41, 5.74) is 0.0714. The Morgan fingerprint density at radius 1 is 1.53 bits per heavy atom. The number of aromatic carboxylic acids is 1. The van der Waals surface area contributed by atoms with Crippen molar-refractivity contribution < 1.29 is 14.7 Å². The van der Waals surface area contributed by atoms with Crippen LogP contribution >= 0.6 is 11.3 Å². The SMILES string of the molecule is CCc1nc(C(=O)Nc2sc(C)cc2C(=O)O)n[nH]1. The first-order chi connectivity index (χ1) is 9.01. The number of H-pyrrole nitrogens is 1.